The van der Waals surface area contributed by atoms with Crippen molar-refractivity contribution in [1.29, 1.82) is 0 Å². The predicted octanol–water partition coefficient (Wildman–Crippen LogP) is 4.93. The van der Waals surface area contributed by atoms with Crippen LogP contribution in [0, 0.1) is 0 Å². The molecule has 0 radical (unpaired) electrons. The highest BCUT2D eigenvalue weighted by Crippen LogP contribution is 2.29. The van der Waals surface area contributed by atoms with E-state index in [4.69, 9.17) is 0 Å². The van der Waals surface area contributed by atoms with Crippen LogP contribution in [-0.4, -0.2) is 83.9 Å². The molecule has 4 rings (SSSR count). The fraction of sp³-hybridized carbons (Fsp3) is 0.324. The van der Waals surface area contributed by atoms with Gasteiger partial charge in [-0.05, 0) is 71.1 Å². The Labute approximate surface area is 286 Å². The first-order valence-corrected chi connectivity index (χ1v) is 16.4. The topological polar surface area (TPSA) is 149 Å². The molecule has 0 fully saturated rings. The number of amides is 4. The van der Waals surface area contributed by atoms with E-state index in [1.165, 1.54) is 7.11 Å². The van der Waals surface area contributed by atoms with Crippen molar-refractivity contribution in [3.8, 4) is 11.3 Å². The Morgan fingerprint density at radius 3 is 2.27 bits per heavy atom. The van der Waals surface area contributed by atoms with Crippen LogP contribution in [0.2, 0.25) is 0 Å². The molecule has 0 saturated heterocycles. The first-order chi connectivity index (χ1) is 23.7. The minimum absolute atomic E-state index is 0.0464. The summed E-state index contributed by atoms with van der Waals surface area (Å²) in [6.07, 6.45) is 5.18. The molecule has 12 nitrogen and oxygen atoms in total. The summed E-state index contributed by atoms with van der Waals surface area (Å²) in [5.74, 6) is 0.268. The molecule has 0 aliphatic carbocycles. The van der Waals surface area contributed by atoms with E-state index in [9.17, 15) is 19.2 Å². The van der Waals surface area contributed by atoms with Crippen molar-refractivity contribution >= 4 is 51.6 Å². The molecule has 0 spiro atoms. The van der Waals surface area contributed by atoms with Crippen molar-refractivity contribution in [1.82, 2.24) is 35.7 Å². The minimum atomic E-state index is -0.650. The van der Waals surface area contributed by atoms with Gasteiger partial charge in [-0.1, -0.05) is 50.8 Å². The van der Waals surface area contributed by atoms with Gasteiger partial charge < -0.3 is 35.5 Å². The van der Waals surface area contributed by atoms with Gasteiger partial charge in [0.05, 0.1) is 38.6 Å². The molecule has 12 heteroatoms. The van der Waals surface area contributed by atoms with Crippen LogP contribution in [0.25, 0.3) is 38.5 Å². The molecule has 1 aromatic heterocycles. The van der Waals surface area contributed by atoms with Gasteiger partial charge in [0.15, 0.2) is 0 Å². The lowest BCUT2D eigenvalue weighted by Gasteiger charge is -2.24. The summed E-state index contributed by atoms with van der Waals surface area (Å²) in [6.45, 7) is 11.6. The molecular formula is C37H45N7O5. The lowest BCUT2D eigenvalue weighted by atomic mass is 9.98. The number of carbonyl (C=O) groups excluding carboxylic acids is 4. The first kappa shape index (κ1) is 36.2. The summed E-state index contributed by atoms with van der Waals surface area (Å²) in [7, 11) is 1.26. The van der Waals surface area contributed by atoms with Gasteiger partial charge in [-0.15, -0.1) is 0 Å². The number of nitrogens with zero attached hydrogens (tertiary/aromatic N) is 3. The van der Waals surface area contributed by atoms with Crippen LogP contribution in [0.1, 0.15) is 45.0 Å². The number of H-pyrrole nitrogens is 1. The van der Waals surface area contributed by atoms with E-state index >= 15 is 0 Å². The Morgan fingerprint density at radius 2 is 1.59 bits per heavy atom. The van der Waals surface area contributed by atoms with Crippen LogP contribution in [0.3, 0.4) is 0 Å². The summed E-state index contributed by atoms with van der Waals surface area (Å²) >= 11 is 0. The van der Waals surface area contributed by atoms with Gasteiger partial charge in [0.2, 0.25) is 18.2 Å². The molecule has 0 aliphatic heterocycles. The summed E-state index contributed by atoms with van der Waals surface area (Å²) in [6, 6.07) is 16.8. The molecule has 3 aromatic carbocycles. The summed E-state index contributed by atoms with van der Waals surface area (Å²) in [4.78, 5) is 58.5. The normalized spacial score (nSPS) is 11.2. The predicted molar refractivity (Wildman–Crippen MR) is 192 cm³/mol. The fourth-order valence-corrected chi connectivity index (χ4v) is 5.57. The van der Waals surface area contributed by atoms with Crippen molar-refractivity contribution in [3.63, 3.8) is 0 Å². The first-order valence-electron chi connectivity index (χ1n) is 16.4. The molecule has 0 saturated carbocycles. The van der Waals surface area contributed by atoms with Crippen molar-refractivity contribution < 1.29 is 23.9 Å². The highest BCUT2D eigenvalue weighted by molar-refractivity contribution is 6.00. The molecule has 0 aliphatic rings. The van der Waals surface area contributed by atoms with Gasteiger partial charge in [-0.3, -0.25) is 14.4 Å². The molecule has 0 atom stereocenters. The monoisotopic (exact) mass is 667 g/mol. The minimum Gasteiger partial charge on any atom is -0.453 e. The molecule has 4 amide bonds. The number of ether oxygens (including phenoxy) is 1. The summed E-state index contributed by atoms with van der Waals surface area (Å²) in [5, 5.41) is 12.6. The molecule has 1 heterocycles. The quantitative estimate of drug-likeness (QED) is 0.0922. The molecule has 49 heavy (non-hydrogen) atoms. The Morgan fingerprint density at radius 1 is 0.918 bits per heavy atom. The number of hydrogen-bond acceptors (Lipinski definition) is 7. The van der Waals surface area contributed by atoms with Crippen LogP contribution in [-0.2, 0) is 25.7 Å². The van der Waals surface area contributed by atoms with Gasteiger partial charge in [0, 0.05) is 30.0 Å². The third kappa shape index (κ3) is 9.69. The second-order valence-electron chi connectivity index (χ2n) is 11.6. The lowest BCUT2D eigenvalue weighted by Crippen LogP contribution is -2.40. The summed E-state index contributed by atoms with van der Waals surface area (Å²) in [5.41, 5.74) is 4.36. The van der Waals surface area contributed by atoms with Crippen LogP contribution < -0.4 is 16.0 Å². The number of allylic oxidation sites excluding steroid dienone is 1. The van der Waals surface area contributed by atoms with Gasteiger partial charge in [0.1, 0.15) is 12.4 Å². The second-order valence-corrected chi connectivity index (χ2v) is 11.6. The average molecular weight is 668 g/mol. The zero-order valence-electron chi connectivity index (χ0n) is 28.6. The highest BCUT2D eigenvalue weighted by Gasteiger charge is 2.17. The van der Waals surface area contributed by atoms with Gasteiger partial charge in [-0.2, -0.15) is 0 Å². The van der Waals surface area contributed by atoms with E-state index < -0.39 is 6.09 Å². The zero-order valence-corrected chi connectivity index (χ0v) is 28.6. The maximum atomic E-state index is 12.7. The third-order valence-corrected chi connectivity index (χ3v) is 7.97. The number of hydrogen-bond donors (Lipinski definition) is 4. The van der Waals surface area contributed by atoms with E-state index in [1.807, 2.05) is 32.9 Å². The van der Waals surface area contributed by atoms with Crippen molar-refractivity contribution in [2.75, 3.05) is 39.8 Å². The number of fused-ring (bicyclic) bond motifs is 2. The standard InChI is InChI=1S/C37H45N7O5/c1-6-13-43(35(46)20-38-24-45)22-25(4)41-32(8-3)28-11-9-26-16-31-18-29(12-10-27(31)15-30(26)17-28)33-19-39-34(42-33)23-44(14-7-2)36(47)21-40-37(48)49-5/h8-12,15-19,24,41H,4,6-7,13-14,20-23H2,1-3,5H3,(H,38,45)(H,39,42)(H,40,48)/b32-8-. The molecule has 258 valence electrons. The molecule has 4 N–H and O–H groups in total. The Balaban J connectivity index is 1.48. The van der Waals surface area contributed by atoms with E-state index in [-0.39, 0.29) is 24.9 Å². The average Bonchev–Trinajstić information content (AvgIpc) is 3.58. The van der Waals surface area contributed by atoms with Crippen LogP contribution in [0.4, 0.5) is 4.79 Å². The van der Waals surface area contributed by atoms with Crippen LogP contribution >= 0.6 is 0 Å². The van der Waals surface area contributed by atoms with E-state index in [0.29, 0.717) is 44.1 Å². The highest BCUT2D eigenvalue weighted by atomic mass is 16.5. The molecular weight excluding hydrogens is 622 g/mol. The van der Waals surface area contributed by atoms with E-state index in [0.717, 1.165) is 56.9 Å². The molecule has 4 aromatic rings. The van der Waals surface area contributed by atoms with Crippen LogP contribution in [0.15, 0.2) is 73.1 Å². The maximum absolute atomic E-state index is 12.7. The number of aromatic nitrogens is 2. The van der Waals surface area contributed by atoms with E-state index in [2.05, 4.69) is 79.7 Å². The Bertz CT molecular complexity index is 1850. The van der Waals surface area contributed by atoms with Crippen molar-refractivity contribution in [2.24, 2.45) is 0 Å². The zero-order chi connectivity index (χ0) is 35.3. The number of aromatic amines is 1. The number of imidazole rings is 1. The van der Waals surface area contributed by atoms with Gasteiger partial charge in [-0.25, -0.2) is 9.78 Å². The van der Waals surface area contributed by atoms with Crippen LogP contribution in [0.5, 0.6) is 0 Å². The number of nitrogens with one attached hydrogen (secondary N) is 4. The number of methoxy groups -OCH3 is 1. The third-order valence-electron chi connectivity index (χ3n) is 7.97. The number of carbonyl (C=O) groups is 4. The number of benzene rings is 3. The smallest absolute Gasteiger partial charge is 0.407 e. The maximum Gasteiger partial charge on any atom is 0.407 e. The largest absolute Gasteiger partial charge is 0.453 e. The second kappa shape index (κ2) is 17.5. The summed E-state index contributed by atoms with van der Waals surface area (Å²) < 4.78 is 4.56. The van der Waals surface area contributed by atoms with Gasteiger partial charge >= 0.3 is 6.09 Å². The lowest BCUT2D eigenvalue weighted by molar-refractivity contribution is -0.131. The Kier molecular flexibility index (Phi) is 12.9. The molecule has 0 bridgehead atoms. The number of rotatable bonds is 17. The number of alkyl carbamates (subject to hydrolysis) is 1. The molecule has 0 unspecified atom stereocenters. The van der Waals surface area contributed by atoms with E-state index in [1.54, 1.807) is 16.0 Å². The SMILES string of the molecule is C=C(CN(CCC)C(=O)CNC=O)N/C(=C\C)c1ccc2cc3cc(-c4cnc(CN(CCC)C(=O)CNC(=O)OC)[nH]4)ccc3cc2c1. The van der Waals surface area contributed by atoms with Gasteiger partial charge in [0.25, 0.3) is 0 Å². The Hall–Kier alpha value is -5.65. The van der Waals surface area contributed by atoms with Crippen molar-refractivity contribution in [2.45, 2.75) is 40.2 Å². The van der Waals surface area contributed by atoms with Crippen molar-refractivity contribution in [3.05, 3.63) is 84.5 Å². The fourth-order valence-electron chi connectivity index (χ4n) is 5.57.